The number of nitrogens with zero attached hydrogens (tertiary/aromatic N) is 2. The zero-order valence-electron chi connectivity index (χ0n) is 15.6. The molecule has 3 atom stereocenters. The zero-order chi connectivity index (χ0) is 18.4. The lowest BCUT2D eigenvalue weighted by atomic mass is 9.72. The Morgan fingerprint density at radius 1 is 1.12 bits per heavy atom. The number of fused-ring (bicyclic) bond motifs is 1. The summed E-state index contributed by atoms with van der Waals surface area (Å²) in [6, 6.07) is 19.4. The van der Waals surface area contributed by atoms with E-state index in [1.165, 1.54) is 16.7 Å². The van der Waals surface area contributed by atoms with Crippen molar-refractivity contribution in [3.63, 3.8) is 0 Å². The summed E-state index contributed by atoms with van der Waals surface area (Å²) >= 11 is 0. The van der Waals surface area contributed by atoms with Gasteiger partial charge in [0, 0.05) is 12.1 Å². The van der Waals surface area contributed by atoms with Crippen LogP contribution >= 0.6 is 0 Å². The molecular weight excluding hydrogens is 320 g/mol. The van der Waals surface area contributed by atoms with E-state index in [1.54, 1.807) is 0 Å². The topological polar surface area (TPSA) is 62.8 Å². The minimum absolute atomic E-state index is 0.0556. The van der Waals surface area contributed by atoms with E-state index in [0.717, 1.165) is 19.3 Å². The van der Waals surface area contributed by atoms with Gasteiger partial charge in [-0.2, -0.15) is 5.10 Å². The Labute approximate surface area is 156 Å². The van der Waals surface area contributed by atoms with Crippen molar-refractivity contribution in [2.24, 2.45) is 21.7 Å². The van der Waals surface area contributed by atoms with Crippen molar-refractivity contribution in [1.82, 2.24) is 5.43 Å². The molecule has 0 heterocycles. The molecule has 136 valence electrons. The summed E-state index contributed by atoms with van der Waals surface area (Å²) in [6.45, 7) is 4.38. The van der Waals surface area contributed by atoms with E-state index >= 15 is 0 Å². The molecule has 2 aromatic carbocycles. The van der Waals surface area contributed by atoms with Crippen LogP contribution in [0.3, 0.4) is 0 Å². The molecule has 0 amide bonds. The third-order valence-corrected chi connectivity index (χ3v) is 5.00. The average Bonchev–Trinajstić information content (AvgIpc) is 2.68. The molecule has 0 bridgehead atoms. The van der Waals surface area contributed by atoms with Crippen LogP contribution in [0.1, 0.15) is 61.8 Å². The summed E-state index contributed by atoms with van der Waals surface area (Å²) in [5, 5.41) is 4.14. The number of aliphatic imine (C=N–C) groups is 1. The molecule has 0 aliphatic heterocycles. The molecule has 1 aliphatic carbocycles. The molecule has 2 aromatic rings. The third kappa shape index (κ3) is 4.13. The third-order valence-electron chi connectivity index (χ3n) is 5.00. The van der Waals surface area contributed by atoms with Gasteiger partial charge >= 0.3 is 0 Å². The van der Waals surface area contributed by atoms with Crippen molar-refractivity contribution < 1.29 is 0 Å². The lowest BCUT2D eigenvalue weighted by molar-refractivity contribution is 0.388. The van der Waals surface area contributed by atoms with Crippen molar-refractivity contribution >= 4 is 12.2 Å². The maximum absolute atomic E-state index is 6.08. The molecule has 26 heavy (non-hydrogen) atoms. The van der Waals surface area contributed by atoms with Gasteiger partial charge in [0.25, 0.3) is 0 Å². The van der Waals surface area contributed by atoms with E-state index in [9.17, 15) is 0 Å². The molecule has 0 fully saturated rings. The Bertz CT molecular complexity index is 767. The standard InChI is InChI=1S/C22H28N4/c1-3-4-14-24-26-22(23)25-21-16(2)15-20(17-10-6-5-7-11-17)18-12-8-9-13-19(18)21/h5-14,16,20-21H,3-4,15H2,1-2H3,(H3,23,25,26)/b24-14-. The summed E-state index contributed by atoms with van der Waals surface area (Å²) in [5.41, 5.74) is 12.9. The van der Waals surface area contributed by atoms with Gasteiger partial charge in [-0.3, -0.25) is 0 Å². The quantitative estimate of drug-likeness (QED) is 0.471. The van der Waals surface area contributed by atoms with Gasteiger partial charge in [-0.25, -0.2) is 10.4 Å². The van der Waals surface area contributed by atoms with Gasteiger partial charge in [0.15, 0.2) is 0 Å². The van der Waals surface area contributed by atoms with E-state index in [4.69, 9.17) is 10.7 Å². The monoisotopic (exact) mass is 348 g/mol. The maximum atomic E-state index is 6.08. The van der Waals surface area contributed by atoms with Crippen molar-refractivity contribution in [2.45, 2.75) is 45.1 Å². The van der Waals surface area contributed by atoms with Gasteiger partial charge in [0.2, 0.25) is 5.96 Å². The zero-order valence-corrected chi connectivity index (χ0v) is 15.6. The first kappa shape index (κ1) is 18.2. The SMILES string of the molecule is CCC/C=N\NC(N)=NC1c2ccccc2C(c2ccccc2)CC1C. The molecule has 3 unspecified atom stereocenters. The molecule has 4 nitrogen and oxygen atoms in total. The first-order chi connectivity index (χ1) is 12.7. The van der Waals surface area contributed by atoms with Crippen molar-refractivity contribution in [3.05, 3.63) is 71.3 Å². The second-order valence-electron chi connectivity index (χ2n) is 6.98. The number of rotatable bonds is 5. The minimum Gasteiger partial charge on any atom is -0.369 e. The number of hydrogen-bond donors (Lipinski definition) is 2. The summed E-state index contributed by atoms with van der Waals surface area (Å²) in [5.74, 6) is 1.18. The van der Waals surface area contributed by atoms with Gasteiger partial charge in [-0.05, 0) is 35.4 Å². The number of nitrogens with two attached hydrogens (primary N) is 1. The van der Waals surface area contributed by atoms with Crippen LogP contribution in [0.2, 0.25) is 0 Å². The fourth-order valence-corrected chi connectivity index (χ4v) is 3.71. The van der Waals surface area contributed by atoms with Crippen LogP contribution in [0.5, 0.6) is 0 Å². The Hall–Kier alpha value is -2.62. The average molecular weight is 348 g/mol. The summed E-state index contributed by atoms with van der Waals surface area (Å²) in [4.78, 5) is 4.75. The molecule has 4 heteroatoms. The largest absolute Gasteiger partial charge is 0.369 e. The number of guanidine groups is 1. The number of hydrazone groups is 1. The second-order valence-corrected chi connectivity index (χ2v) is 6.98. The highest BCUT2D eigenvalue weighted by Crippen LogP contribution is 2.45. The summed E-state index contributed by atoms with van der Waals surface area (Å²) < 4.78 is 0. The van der Waals surface area contributed by atoms with Crippen LogP contribution in [-0.4, -0.2) is 12.2 Å². The molecule has 3 rings (SSSR count). The van der Waals surface area contributed by atoms with Gasteiger partial charge in [0.05, 0.1) is 6.04 Å². The van der Waals surface area contributed by atoms with Crippen LogP contribution < -0.4 is 11.2 Å². The Kier molecular flexibility index (Phi) is 6.05. The number of nitrogens with one attached hydrogen (secondary N) is 1. The smallest absolute Gasteiger partial charge is 0.210 e. The molecule has 0 spiro atoms. The molecule has 0 aromatic heterocycles. The molecule has 0 radical (unpaired) electrons. The highest BCUT2D eigenvalue weighted by molar-refractivity contribution is 5.79. The van der Waals surface area contributed by atoms with Crippen LogP contribution in [0, 0.1) is 5.92 Å². The van der Waals surface area contributed by atoms with Crippen LogP contribution in [-0.2, 0) is 0 Å². The van der Waals surface area contributed by atoms with Crippen LogP contribution in [0.25, 0.3) is 0 Å². The fourth-order valence-electron chi connectivity index (χ4n) is 3.71. The number of benzene rings is 2. The van der Waals surface area contributed by atoms with E-state index in [-0.39, 0.29) is 6.04 Å². The van der Waals surface area contributed by atoms with E-state index in [0.29, 0.717) is 17.8 Å². The number of unbranched alkanes of at least 4 members (excludes halogenated alkanes) is 1. The van der Waals surface area contributed by atoms with Crippen molar-refractivity contribution in [2.75, 3.05) is 0 Å². The highest BCUT2D eigenvalue weighted by atomic mass is 15.3. The summed E-state index contributed by atoms with van der Waals surface area (Å²) in [6.07, 6.45) is 4.89. The van der Waals surface area contributed by atoms with Crippen molar-refractivity contribution in [3.8, 4) is 0 Å². The van der Waals surface area contributed by atoms with E-state index in [1.807, 2.05) is 6.21 Å². The number of hydrogen-bond acceptors (Lipinski definition) is 2. The summed E-state index contributed by atoms with van der Waals surface area (Å²) in [7, 11) is 0. The molecule has 0 saturated carbocycles. The van der Waals surface area contributed by atoms with Crippen molar-refractivity contribution in [1.29, 1.82) is 0 Å². The molecule has 3 N–H and O–H groups in total. The van der Waals surface area contributed by atoms with E-state index in [2.05, 4.69) is 79.0 Å². The first-order valence-electron chi connectivity index (χ1n) is 9.45. The fraction of sp³-hybridized carbons (Fsp3) is 0.364. The normalized spacial score (nSPS) is 23.0. The lowest BCUT2D eigenvalue weighted by Gasteiger charge is -2.35. The lowest BCUT2D eigenvalue weighted by Crippen LogP contribution is -2.30. The first-order valence-corrected chi connectivity index (χ1v) is 9.45. The van der Waals surface area contributed by atoms with Crippen LogP contribution in [0.15, 0.2) is 64.7 Å². The van der Waals surface area contributed by atoms with Gasteiger partial charge in [-0.15, -0.1) is 0 Å². The van der Waals surface area contributed by atoms with Crippen LogP contribution in [0.4, 0.5) is 0 Å². The minimum atomic E-state index is 0.0556. The van der Waals surface area contributed by atoms with Gasteiger partial charge in [0.1, 0.15) is 0 Å². The maximum Gasteiger partial charge on any atom is 0.210 e. The highest BCUT2D eigenvalue weighted by Gasteiger charge is 2.33. The van der Waals surface area contributed by atoms with E-state index < -0.39 is 0 Å². The van der Waals surface area contributed by atoms with Gasteiger partial charge in [-0.1, -0.05) is 74.9 Å². The predicted octanol–water partition coefficient (Wildman–Crippen LogP) is 4.59. The molecular formula is C22H28N4. The Balaban J connectivity index is 1.88. The molecule has 1 aliphatic rings. The Morgan fingerprint density at radius 2 is 1.81 bits per heavy atom. The van der Waals surface area contributed by atoms with Gasteiger partial charge < -0.3 is 5.73 Å². The predicted molar refractivity (Wildman–Crippen MR) is 109 cm³/mol. The second kappa shape index (κ2) is 8.65. The Morgan fingerprint density at radius 3 is 2.54 bits per heavy atom. The molecule has 0 saturated heterocycles.